The van der Waals surface area contributed by atoms with Gasteiger partial charge in [-0.3, -0.25) is 9.59 Å². The Kier molecular flexibility index (Phi) is 6.34. The molecule has 0 rings (SSSR count). The summed E-state index contributed by atoms with van der Waals surface area (Å²) in [6.45, 7) is 9.21. The van der Waals surface area contributed by atoms with Gasteiger partial charge in [-0.05, 0) is 19.8 Å². The molecule has 0 amide bonds. The van der Waals surface area contributed by atoms with Crippen molar-refractivity contribution in [2.45, 2.75) is 26.2 Å². The molecular formula is C12H18O3. The van der Waals surface area contributed by atoms with Gasteiger partial charge in [0.25, 0.3) is 0 Å². The Hall–Kier alpha value is -1.38. The van der Waals surface area contributed by atoms with Gasteiger partial charge in [0.15, 0.2) is 0 Å². The molecule has 0 saturated carbocycles. The Morgan fingerprint density at radius 2 is 2.07 bits per heavy atom. The number of allylic oxidation sites excluding steroid dienone is 2. The van der Waals surface area contributed by atoms with Gasteiger partial charge in [0, 0.05) is 5.92 Å². The molecule has 0 fully saturated rings. The summed E-state index contributed by atoms with van der Waals surface area (Å²) in [6.07, 6.45) is 2.69. The van der Waals surface area contributed by atoms with E-state index in [1.807, 2.05) is 6.92 Å². The highest BCUT2D eigenvalue weighted by atomic mass is 16.5. The fourth-order valence-electron chi connectivity index (χ4n) is 1.31. The number of carbonyl (C=O) groups is 2. The Morgan fingerprint density at radius 3 is 2.47 bits per heavy atom. The molecule has 0 aliphatic carbocycles. The van der Waals surface area contributed by atoms with Gasteiger partial charge in [0.2, 0.25) is 0 Å². The molecule has 0 spiro atoms. The third-order valence-corrected chi connectivity index (χ3v) is 2.05. The smallest absolute Gasteiger partial charge is 0.313 e. The Bertz CT molecular complexity index is 266. The number of ketones is 1. The third kappa shape index (κ3) is 5.83. The molecule has 0 radical (unpaired) electrons. The van der Waals surface area contributed by atoms with Crippen LogP contribution in [-0.4, -0.2) is 18.9 Å². The van der Waals surface area contributed by atoms with Crippen molar-refractivity contribution in [3.05, 3.63) is 24.8 Å². The second kappa shape index (κ2) is 6.98. The van der Waals surface area contributed by atoms with Crippen LogP contribution in [-0.2, 0) is 14.3 Å². The monoisotopic (exact) mass is 210 g/mol. The van der Waals surface area contributed by atoms with E-state index in [2.05, 4.69) is 17.9 Å². The maximum atomic E-state index is 11.6. The van der Waals surface area contributed by atoms with Crippen LogP contribution in [0.2, 0.25) is 0 Å². The van der Waals surface area contributed by atoms with Gasteiger partial charge >= 0.3 is 5.97 Å². The van der Waals surface area contributed by atoms with Crippen molar-refractivity contribution in [3.63, 3.8) is 0 Å². The Balaban J connectivity index is 4.33. The van der Waals surface area contributed by atoms with Crippen LogP contribution in [0.3, 0.4) is 0 Å². The zero-order chi connectivity index (χ0) is 11.8. The molecular weight excluding hydrogens is 192 g/mol. The standard InChI is InChI=1S/C12H18O3/c1-5-6-10(7-9(2)3)11(13)8-12(14)15-4/h5,10H,1-2,6-8H2,3-4H3. The van der Waals surface area contributed by atoms with Crippen LogP contribution >= 0.6 is 0 Å². The highest BCUT2D eigenvalue weighted by Crippen LogP contribution is 2.17. The quantitative estimate of drug-likeness (QED) is 0.368. The first-order valence-electron chi connectivity index (χ1n) is 4.86. The van der Waals surface area contributed by atoms with Crippen molar-refractivity contribution in [2.24, 2.45) is 5.92 Å². The van der Waals surface area contributed by atoms with Crippen LogP contribution in [0, 0.1) is 5.92 Å². The first kappa shape index (κ1) is 13.6. The zero-order valence-electron chi connectivity index (χ0n) is 9.41. The maximum absolute atomic E-state index is 11.6. The number of Topliss-reactive ketones (excluding diaryl/α,β-unsaturated/α-hetero) is 1. The van der Waals surface area contributed by atoms with Crippen LogP contribution < -0.4 is 0 Å². The molecule has 3 nitrogen and oxygen atoms in total. The fraction of sp³-hybridized carbons (Fsp3) is 0.500. The van der Waals surface area contributed by atoms with Crippen LogP contribution in [0.5, 0.6) is 0 Å². The number of hydrogen-bond donors (Lipinski definition) is 0. The van der Waals surface area contributed by atoms with Gasteiger partial charge in [-0.1, -0.05) is 11.6 Å². The maximum Gasteiger partial charge on any atom is 0.313 e. The molecule has 0 aromatic heterocycles. The number of ether oxygens (including phenoxy) is 1. The van der Waals surface area contributed by atoms with Crippen LogP contribution in [0.25, 0.3) is 0 Å². The third-order valence-electron chi connectivity index (χ3n) is 2.05. The lowest BCUT2D eigenvalue weighted by molar-refractivity contribution is -0.144. The molecule has 0 N–H and O–H groups in total. The number of hydrogen-bond acceptors (Lipinski definition) is 3. The summed E-state index contributed by atoms with van der Waals surface area (Å²) in [5.41, 5.74) is 0.931. The van der Waals surface area contributed by atoms with Crippen molar-refractivity contribution in [1.29, 1.82) is 0 Å². The summed E-state index contributed by atoms with van der Waals surface area (Å²) in [7, 11) is 1.27. The van der Waals surface area contributed by atoms with Crippen LogP contribution in [0.15, 0.2) is 24.8 Å². The minimum atomic E-state index is -0.490. The van der Waals surface area contributed by atoms with Gasteiger partial charge in [-0.15, -0.1) is 13.2 Å². The molecule has 0 aliphatic heterocycles. The lowest BCUT2D eigenvalue weighted by Gasteiger charge is -2.12. The number of esters is 1. The summed E-state index contributed by atoms with van der Waals surface area (Å²) >= 11 is 0. The fourth-order valence-corrected chi connectivity index (χ4v) is 1.31. The van der Waals surface area contributed by atoms with E-state index in [0.29, 0.717) is 12.8 Å². The van der Waals surface area contributed by atoms with E-state index in [9.17, 15) is 9.59 Å². The van der Waals surface area contributed by atoms with Crippen molar-refractivity contribution in [2.75, 3.05) is 7.11 Å². The van der Waals surface area contributed by atoms with Gasteiger partial charge < -0.3 is 4.74 Å². The predicted molar refractivity (Wildman–Crippen MR) is 59.4 cm³/mol. The largest absolute Gasteiger partial charge is 0.469 e. The molecule has 1 atom stereocenters. The normalized spacial score (nSPS) is 11.6. The number of methoxy groups -OCH3 is 1. The van der Waals surface area contributed by atoms with Crippen LogP contribution in [0.1, 0.15) is 26.2 Å². The molecule has 3 heteroatoms. The van der Waals surface area contributed by atoms with Crippen molar-refractivity contribution in [3.8, 4) is 0 Å². The first-order chi connectivity index (χ1) is 7.01. The molecule has 0 aromatic rings. The topological polar surface area (TPSA) is 43.4 Å². The lowest BCUT2D eigenvalue weighted by Crippen LogP contribution is -2.18. The summed E-state index contributed by atoms with van der Waals surface area (Å²) in [4.78, 5) is 22.6. The molecule has 1 unspecified atom stereocenters. The SMILES string of the molecule is C=CCC(CC(=C)C)C(=O)CC(=O)OC. The first-order valence-corrected chi connectivity index (χ1v) is 4.86. The summed E-state index contributed by atoms with van der Waals surface area (Å²) < 4.78 is 4.45. The highest BCUT2D eigenvalue weighted by molar-refractivity contribution is 5.96. The number of rotatable bonds is 7. The summed E-state index contributed by atoms with van der Waals surface area (Å²) in [5, 5.41) is 0. The molecule has 0 heterocycles. The number of carbonyl (C=O) groups excluding carboxylic acids is 2. The minimum absolute atomic E-state index is 0.107. The van der Waals surface area contributed by atoms with Crippen molar-refractivity contribution >= 4 is 11.8 Å². The van der Waals surface area contributed by atoms with Crippen molar-refractivity contribution < 1.29 is 14.3 Å². The highest BCUT2D eigenvalue weighted by Gasteiger charge is 2.20. The molecule has 84 valence electrons. The van der Waals surface area contributed by atoms with E-state index in [-0.39, 0.29) is 18.1 Å². The molecule has 15 heavy (non-hydrogen) atoms. The predicted octanol–water partition coefficient (Wildman–Crippen LogP) is 2.28. The van der Waals surface area contributed by atoms with E-state index in [1.54, 1.807) is 6.08 Å². The van der Waals surface area contributed by atoms with E-state index in [4.69, 9.17) is 0 Å². The molecule has 0 aliphatic rings. The van der Waals surface area contributed by atoms with Gasteiger partial charge in [-0.25, -0.2) is 0 Å². The molecule has 0 bridgehead atoms. The minimum Gasteiger partial charge on any atom is -0.469 e. The van der Waals surface area contributed by atoms with Crippen LogP contribution in [0.4, 0.5) is 0 Å². The summed E-state index contributed by atoms with van der Waals surface area (Å²) in [5.74, 6) is -0.792. The molecule has 0 aromatic carbocycles. The Morgan fingerprint density at radius 1 is 1.47 bits per heavy atom. The second-order valence-electron chi connectivity index (χ2n) is 3.60. The van der Waals surface area contributed by atoms with E-state index in [1.165, 1.54) is 7.11 Å². The average Bonchev–Trinajstić information content (AvgIpc) is 2.16. The molecule has 0 saturated heterocycles. The lowest BCUT2D eigenvalue weighted by atomic mass is 9.91. The van der Waals surface area contributed by atoms with Gasteiger partial charge in [-0.2, -0.15) is 0 Å². The Labute approximate surface area is 90.8 Å². The van der Waals surface area contributed by atoms with Gasteiger partial charge in [0.1, 0.15) is 12.2 Å². The average molecular weight is 210 g/mol. The van der Waals surface area contributed by atoms with Crippen molar-refractivity contribution in [1.82, 2.24) is 0 Å². The zero-order valence-corrected chi connectivity index (χ0v) is 9.41. The summed E-state index contributed by atoms with van der Waals surface area (Å²) in [6, 6.07) is 0. The van der Waals surface area contributed by atoms with E-state index >= 15 is 0 Å². The second-order valence-corrected chi connectivity index (χ2v) is 3.60. The van der Waals surface area contributed by atoms with E-state index < -0.39 is 5.97 Å². The van der Waals surface area contributed by atoms with Gasteiger partial charge in [0.05, 0.1) is 7.11 Å². The van der Waals surface area contributed by atoms with E-state index in [0.717, 1.165) is 5.57 Å².